The minimum Gasteiger partial charge on any atom is -0.368 e. The van der Waals surface area contributed by atoms with E-state index in [0.29, 0.717) is 0 Å². The Kier molecular flexibility index (Phi) is 3.37. The lowest BCUT2D eigenvalue weighted by Crippen LogP contribution is -2.52. The highest BCUT2D eigenvalue weighted by Crippen LogP contribution is 2.34. The molecule has 1 atom stereocenters. The number of nitrogens with two attached hydrogens (primary N) is 1. The molecule has 0 saturated carbocycles. The first-order chi connectivity index (χ1) is 7.89. The van der Waals surface area contributed by atoms with Gasteiger partial charge in [0, 0.05) is 18.6 Å². The summed E-state index contributed by atoms with van der Waals surface area (Å²) in [6, 6.07) is 4.22. The Morgan fingerprint density at radius 3 is 2.65 bits per heavy atom. The summed E-state index contributed by atoms with van der Waals surface area (Å²) in [5.41, 5.74) is 9.77. The predicted octanol–water partition coefficient (Wildman–Crippen LogP) is 3.27. The van der Waals surface area contributed by atoms with E-state index in [1.54, 1.807) is 0 Å². The second-order valence-corrected chi connectivity index (χ2v) is 6.00. The van der Waals surface area contributed by atoms with Crippen LogP contribution in [0.5, 0.6) is 0 Å². The molecule has 1 saturated heterocycles. The number of hydrogen-bond acceptors (Lipinski definition) is 2. The van der Waals surface area contributed by atoms with Gasteiger partial charge in [0.15, 0.2) is 0 Å². The smallest absolute Gasteiger partial charge is 0.0644 e. The Morgan fingerprint density at radius 1 is 1.35 bits per heavy atom. The number of aryl methyl sites for hydroxylation is 2. The average molecular weight is 253 g/mol. The van der Waals surface area contributed by atoms with Crippen LogP contribution in [0.1, 0.15) is 30.9 Å². The molecule has 1 aliphatic rings. The van der Waals surface area contributed by atoms with E-state index in [1.165, 1.54) is 11.1 Å². The fraction of sp³-hybridized carbons (Fsp3) is 0.571. The van der Waals surface area contributed by atoms with Crippen LogP contribution in [-0.4, -0.2) is 18.6 Å². The molecule has 1 fully saturated rings. The Labute approximate surface area is 109 Å². The van der Waals surface area contributed by atoms with Gasteiger partial charge in [-0.3, -0.25) is 0 Å². The number of benzene rings is 1. The van der Waals surface area contributed by atoms with E-state index in [4.69, 9.17) is 17.3 Å². The Balaban J connectivity index is 2.34. The fourth-order valence-electron chi connectivity index (χ4n) is 2.77. The van der Waals surface area contributed by atoms with Crippen molar-refractivity contribution in [2.75, 3.05) is 18.0 Å². The van der Waals surface area contributed by atoms with Crippen molar-refractivity contribution < 1.29 is 0 Å². The Bertz CT molecular complexity index is 403. The average Bonchev–Trinajstić information content (AvgIpc) is 2.13. The van der Waals surface area contributed by atoms with Crippen LogP contribution in [0.15, 0.2) is 12.1 Å². The molecular formula is C14H21ClN2. The van der Waals surface area contributed by atoms with Gasteiger partial charge in [-0.05, 0) is 50.8 Å². The number of nitrogens with zero attached hydrogens (tertiary/aromatic N) is 1. The van der Waals surface area contributed by atoms with E-state index in [0.717, 1.165) is 36.6 Å². The standard InChI is InChI=1S/C14H21ClN2/c1-10-7-11(2)13(12(15)8-10)17-6-4-5-14(3,16)9-17/h7-8H,4-6,9,16H2,1-3H3. The van der Waals surface area contributed by atoms with E-state index in [-0.39, 0.29) is 5.54 Å². The summed E-state index contributed by atoms with van der Waals surface area (Å²) in [4.78, 5) is 2.33. The van der Waals surface area contributed by atoms with Gasteiger partial charge in [0.1, 0.15) is 0 Å². The van der Waals surface area contributed by atoms with Crippen molar-refractivity contribution in [2.45, 2.75) is 39.2 Å². The zero-order chi connectivity index (χ0) is 12.6. The van der Waals surface area contributed by atoms with Crippen LogP contribution in [0.2, 0.25) is 5.02 Å². The third-order valence-electron chi connectivity index (χ3n) is 3.44. The lowest BCUT2D eigenvalue weighted by atomic mass is 9.91. The maximum absolute atomic E-state index is 6.38. The molecular weight excluding hydrogens is 232 g/mol. The zero-order valence-electron chi connectivity index (χ0n) is 10.9. The number of piperidine rings is 1. The first-order valence-electron chi connectivity index (χ1n) is 6.20. The Hall–Kier alpha value is -0.730. The molecule has 3 heteroatoms. The summed E-state index contributed by atoms with van der Waals surface area (Å²) in [6.45, 7) is 8.26. The molecule has 1 unspecified atom stereocenters. The number of rotatable bonds is 1. The summed E-state index contributed by atoms with van der Waals surface area (Å²) in [6.07, 6.45) is 2.22. The van der Waals surface area contributed by atoms with Gasteiger partial charge in [-0.1, -0.05) is 17.7 Å². The van der Waals surface area contributed by atoms with Crippen molar-refractivity contribution in [2.24, 2.45) is 5.73 Å². The van der Waals surface area contributed by atoms with Crippen LogP contribution in [-0.2, 0) is 0 Å². The number of halogens is 1. The number of hydrogen-bond donors (Lipinski definition) is 1. The van der Waals surface area contributed by atoms with Gasteiger partial charge in [-0.2, -0.15) is 0 Å². The molecule has 0 amide bonds. The van der Waals surface area contributed by atoms with Gasteiger partial charge in [0.25, 0.3) is 0 Å². The van der Waals surface area contributed by atoms with E-state index in [9.17, 15) is 0 Å². The molecule has 0 aliphatic carbocycles. The van der Waals surface area contributed by atoms with Crippen molar-refractivity contribution in [3.05, 3.63) is 28.3 Å². The molecule has 2 nitrogen and oxygen atoms in total. The second-order valence-electron chi connectivity index (χ2n) is 5.59. The summed E-state index contributed by atoms with van der Waals surface area (Å²) >= 11 is 6.38. The molecule has 1 aromatic rings. The highest BCUT2D eigenvalue weighted by Gasteiger charge is 2.28. The molecule has 0 spiro atoms. The summed E-state index contributed by atoms with van der Waals surface area (Å²) in [7, 11) is 0. The topological polar surface area (TPSA) is 29.3 Å². The van der Waals surface area contributed by atoms with Gasteiger partial charge in [-0.25, -0.2) is 0 Å². The monoisotopic (exact) mass is 252 g/mol. The van der Waals surface area contributed by atoms with E-state index in [1.807, 2.05) is 6.07 Å². The van der Waals surface area contributed by atoms with Gasteiger partial charge in [0.2, 0.25) is 0 Å². The minimum absolute atomic E-state index is 0.0983. The lowest BCUT2D eigenvalue weighted by molar-refractivity contribution is 0.374. The maximum atomic E-state index is 6.38. The molecule has 0 aromatic heterocycles. The highest BCUT2D eigenvalue weighted by molar-refractivity contribution is 6.33. The van der Waals surface area contributed by atoms with E-state index >= 15 is 0 Å². The summed E-state index contributed by atoms with van der Waals surface area (Å²) in [5, 5.41) is 0.847. The largest absolute Gasteiger partial charge is 0.368 e. The first-order valence-corrected chi connectivity index (χ1v) is 6.57. The molecule has 2 N–H and O–H groups in total. The quantitative estimate of drug-likeness (QED) is 0.831. The van der Waals surface area contributed by atoms with Crippen LogP contribution < -0.4 is 10.6 Å². The van der Waals surface area contributed by atoms with Crippen molar-refractivity contribution in [1.29, 1.82) is 0 Å². The molecule has 2 rings (SSSR count). The van der Waals surface area contributed by atoms with Gasteiger partial charge >= 0.3 is 0 Å². The maximum Gasteiger partial charge on any atom is 0.0644 e. The van der Waals surface area contributed by atoms with Crippen LogP contribution in [0.4, 0.5) is 5.69 Å². The minimum atomic E-state index is -0.0983. The van der Waals surface area contributed by atoms with Crippen LogP contribution in [0.25, 0.3) is 0 Å². The van der Waals surface area contributed by atoms with E-state index < -0.39 is 0 Å². The summed E-state index contributed by atoms with van der Waals surface area (Å²) < 4.78 is 0. The lowest BCUT2D eigenvalue weighted by Gasteiger charge is -2.40. The van der Waals surface area contributed by atoms with Crippen molar-refractivity contribution in [3.8, 4) is 0 Å². The molecule has 0 radical (unpaired) electrons. The fourth-order valence-corrected chi connectivity index (χ4v) is 3.21. The molecule has 1 heterocycles. The highest BCUT2D eigenvalue weighted by atomic mass is 35.5. The van der Waals surface area contributed by atoms with E-state index in [2.05, 4.69) is 31.7 Å². The first kappa shape index (κ1) is 12.7. The molecule has 1 aliphatic heterocycles. The third-order valence-corrected chi connectivity index (χ3v) is 3.73. The molecule has 0 bridgehead atoms. The third kappa shape index (κ3) is 2.75. The SMILES string of the molecule is Cc1cc(C)c(N2CCCC(C)(N)C2)c(Cl)c1. The van der Waals surface area contributed by atoms with Crippen LogP contribution >= 0.6 is 11.6 Å². The van der Waals surface area contributed by atoms with Gasteiger partial charge in [-0.15, -0.1) is 0 Å². The summed E-state index contributed by atoms with van der Waals surface area (Å²) in [5.74, 6) is 0. The molecule has 94 valence electrons. The second kappa shape index (κ2) is 4.51. The van der Waals surface area contributed by atoms with Crippen molar-refractivity contribution in [3.63, 3.8) is 0 Å². The normalized spacial score (nSPS) is 25.1. The predicted molar refractivity (Wildman–Crippen MR) is 75.0 cm³/mol. The Morgan fingerprint density at radius 2 is 2.06 bits per heavy atom. The number of anilines is 1. The van der Waals surface area contributed by atoms with Crippen molar-refractivity contribution >= 4 is 17.3 Å². The zero-order valence-corrected chi connectivity index (χ0v) is 11.6. The van der Waals surface area contributed by atoms with Gasteiger partial charge in [0.05, 0.1) is 10.7 Å². The van der Waals surface area contributed by atoms with Crippen LogP contribution in [0, 0.1) is 13.8 Å². The van der Waals surface area contributed by atoms with Crippen molar-refractivity contribution in [1.82, 2.24) is 0 Å². The molecule has 1 aromatic carbocycles. The molecule has 17 heavy (non-hydrogen) atoms. The van der Waals surface area contributed by atoms with Gasteiger partial charge < -0.3 is 10.6 Å². The van der Waals surface area contributed by atoms with Crippen LogP contribution in [0.3, 0.4) is 0 Å².